The van der Waals surface area contributed by atoms with Crippen LogP contribution in [0.5, 0.6) is 0 Å². The highest BCUT2D eigenvalue weighted by atomic mass is 16.5. The van der Waals surface area contributed by atoms with Gasteiger partial charge in [0.15, 0.2) is 0 Å². The number of hydrogen-bond acceptors (Lipinski definition) is 3. The second kappa shape index (κ2) is 4.36. The van der Waals surface area contributed by atoms with Crippen molar-refractivity contribution in [3.05, 3.63) is 0 Å². The molecular formula is C14H25NO2. The van der Waals surface area contributed by atoms with Gasteiger partial charge in [-0.25, -0.2) is 0 Å². The van der Waals surface area contributed by atoms with Crippen LogP contribution in [0.4, 0.5) is 0 Å². The van der Waals surface area contributed by atoms with Crippen LogP contribution in [0.15, 0.2) is 0 Å². The summed E-state index contributed by atoms with van der Waals surface area (Å²) < 4.78 is 5.70. The molecule has 98 valence electrons. The smallest absolute Gasteiger partial charge is 0.142 e. The summed E-state index contributed by atoms with van der Waals surface area (Å²) in [5, 5.41) is 0. The van der Waals surface area contributed by atoms with Crippen molar-refractivity contribution in [3.8, 4) is 0 Å². The Labute approximate surface area is 105 Å². The third-order valence-corrected chi connectivity index (χ3v) is 4.14. The molecule has 0 aromatic heterocycles. The van der Waals surface area contributed by atoms with Gasteiger partial charge in [-0.3, -0.25) is 9.69 Å². The van der Waals surface area contributed by atoms with Crippen LogP contribution in [0.2, 0.25) is 0 Å². The Bertz CT molecular complexity index is 309. The summed E-state index contributed by atoms with van der Waals surface area (Å²) in [6.07, 6.45) is 2.11. The summed E-state index contributed by atoms with van der Waals surface area (Å²) in [4.78, 5) is 14.6. The number of carbonyl (C=O) groups excluding carboxylic acids is 1. The maximum atomic E-state index is 12.2. The number of rotatable bonds is 2. The second-order valence-electron chi connectivity index (χ2n) is 6.83. The van der Waals surface area contributed by atoms with Crippen LogP contribution in [0.25, 0.3) is 0 Å². The highest BCUT2D eigenvalue weighted by Gasteiger charge is 2.41. The quantitative estimate of drug-likeness (QED) is 0.739. The van der Waals surface area contributed by atoms with Crippen molar-refractivity contribution in [1.29, 1.82) is 0 Å². The summed E-state index contributed by atoms with van der Waals surface area (Å²) in [7, 11) is 0. The highest BCUT2D eigenvalue weighted by Crippen LogP contribution is 2.38. The fourth-order valence-electron chi connectivity index (χ4n) is 3.10. The third kappa shape index (κ3) is 2.89. The SMILES string of the molecule is CC1(C)CN(CC2CCC(C)(C)C2=O)CCO1. The van der Waals surface area contributed by atoms with Gasteiger partial charge in [-0.15, -0.1) is 0 Å². The Balaban J connectivity index is 1.92. The Morgan fingerprint density at radius 3 is 2.59 bits per heavy atom. The number of nitrogens with zero attached hydrogens (tertiary/aromatic N) is 1. The van der Waals surface area contributed by atoms with Gasteiger partial charge in [-0.2, -0.15) is 0 Å². The van der Waals surface area contributed by atoms with Gasteiger partial charge in [0.25, 0.3) is 0 Å². The normalized spacial score (nSPS) is 32.9. The average molecular weight is 239 g/mol. The van der Waals surface area contributed by atoms with Crippen LogP contribution >= 0.6 is 0 Å². The molecule has 0 bridgehead atoms. The molecule has 0 aromatic carbocycles. The molecule has 0 N–H and O–H groups in total. The number of carbonyl (C=O) groups is 1. The molecule has 1 saturated heterocycles. The molecule has 0 amide bonds. The summed E-state index contributed by atoms with van der Waals surface area (Å²) in [6, 6.07) is 0. The van der Waals surface area contributed by atoms with Crippen molar-refractivity contribution < 1.29 is 9.53 Å². The van der Waals surface area contributed by atoms with Crippen molar-refractivity contribution in [1.82, 2.24) is 4.90 Å². The summed E-state index contributed by atoms with van der Waals surface area (Å²) in [5.41, 5.74) is -0.151. The lowest BCUT2D eigenvalue weighted by molar-refractivity contribution is -0.129. The molecule has 1 aliphatic carbocycles. The first-order valence-electron chi connectivity index (χ1n) is 6.71. The Hall–Kier alpha value is -0.410. The Kier molecular flexibility index (Phi) is 3.34. The van der Waals surface area contributed by atoms with Gasteiger partial charge in [0.05, 0.1) is 12.2 Å². The maximum Gasteiger partial charge on any atom is 0.142 e. The monoisotopic (exact) mass is 239 g/mol. The molecule has 1 saturated carbocycles. The Morgan fingerprint density at radius 1 is 1.35 bits per heavy atom. The number of hydrogen-bond donors (Lipinski definition) is 0. The Morgan fingerprint density at radius 2 is 2.06 bits per heavy atom. The van der Waals surface area contributed by atoms with Crippen LogP contribution in [0.3, 0.4) is 0 Å². The van der Waals surface area contributed by atoms with Crippen LogP contribution in [-0.2, 0) is 9.53 Å². The van der Waals surface area contributed by atoms with Gasteiger partial charge < -0.3 is 4.74 Å². The predicted molar refractivity (Wildman–Crippen MR) is 68.0 cm³/mol. The molecule has 1 aliphatic heterocycles. The first-order chi connectivity index (χ1) is 7.80. The molecule has 0 radical (unpaired) electrons. The molecule has 17 heavy (non-hydrogen) atoms. The van der Waals surface area contributed by atoms with E-state index in [9.17, 15) is 4.79 Å². The molecule has 1 heterocycles. The molecular weight excluding hydrogens is 214 g/mol. The lowest BCUT2D eigenvalue weighted by Gasteiger charge is -2.39. The molecule has 2 rings (SSSR count). The van der Waals surface area contributed by atoms with Gasteiger partial charge in [0, 0.05) is 31.0 Å². The number of morpholine rings is 1. The van der Waals surface area contributed by atoms with E-state index in [2.05, 4.69) is 32.6 Å². The fourth-order valence-corrected chi connectivity index (χ4v) is 3.10. The summed E-state index contributed by atoms with van der Waals surface area (Å²) in [5.74, 6) is 0.709. The van der Waals surface area contributed by atoms with E-state index in [1.54, 1.807) is 0 Å². The van der Waals surface area contributed by atoms with E-state index in [4.69, 9.17) is 4.74 Å². The lowest BCUT2D eigenvalue weighted by atomic mass is 9.89. The van der Waals surface area contributed by atoms with Crippen LogP contribution < -0.4 is 0 Å². The molecule has 1 atom stereocenters. The summed E-state index contributed by atoms with van der Waals surface area (Å²) >= 11 is 0. The lowest BCUT2D eigenvalue weighted by Crippen LogP contribution is -2.50. The number of Topliss-reactive ketones (excluding diaryl/α,β-unsaturated/α-hetero) is 1. The minimum Gasteiger partial charge on any atom is -0.373 e. The van der Waals surface area contributed by atoms with E-state index >= 15 is 0 Å². The zero-order valence-corrected chi connectivity index (χ0v) is 11.6. The van der Waals surface area contributed by atoms with Gasteiger partial charge in [-0.05, 0) is 26.7 Å². The van der Waals surface area contributed by atoms with E-state index in [-0.39, 0.29) is 16.9 Å². The van der Waals surface area contributed by atoms with E-state index in [0.717, 1.165) is 39.1 Å². The van der Waals surface area contributed by atoms with E-state index in [1.807, 2.05) is 0 Å². The van der Waals surface area contributed by atoms with Crippen LogP contribution in [-0.4, -0.2) is 42.5 Å². The minimum absolute atomic E-state index is 0.0601. The molecule has 1 unspecified atom stereocenters. The average Bonchev–Trinajstić information content (AvgIpc) is 2.44. The number of ether oxygens (including phenoxy) is 1. The first kappa shape index (κ1) is 13.0. The van der Waals surface area contributed by atoms with Crippen molar-refractivity contribution in [2.75, 3.05) is 26.2 Å². The van der Waals surface area contributed by atoms with Gasteiger partial charge in [0.2, 0.25) is 0 Å². The van der Waals surface area contributed by atoms with Gasteiger partial charge >= 0.3 is 0 Å². The highest BCUT2D eigenvalue weighted by molar-refractivity contribution is 5.88. The topological polar surface area (TPSA) is 29.5 Å². The fraction of sp³-hybridized carbons (Fsp3) is 0.929. The van der Waals surface area contributed by atoms with Gasteiger partial charge in [-0.1, -0.05) is 13.8 Å². The second-order valence-corrected chi connectivity index (χ2v) is 6.83. The predicted octanol–water partition coefficient (Wildman–Crippen LogP) is 2.10. The van der Waals surface area contributed by atoms with Crippen LogP contribution in [0.1, 0.15) is 40.5 Å². The molecule has 3 nitrogen and oxygen atoms in total. The maximum absolute atomic E-state index is 12.2. The largest absolute Gasteiger partial charge is 0.373 e. The van der Waals surface area contributed by atoms with Crippen molar-refractivity contribution in [2.24, 2.45) is 11.3 Å². The van der Waals surface area contributed by atoms with Crippen molar-refractivity contribution in [3.63, 3.8) is 0 Å². The molecule has 2 aliphatic rings. The zero-order chi connectivity index (χ0) is 12.7. The third-order valence-electron chi connectivity index (χ3n) is 4.14. The van der Waals surface area contributed by atoms with Crippen molar-refractivity contribution >= 4 is 5.78 Å². The molecule has 0 spiro atoms. The van der Waals surface area contributed by atoms with Gasteiger partial charge in [0.1, 0.15) is 5.78 Å². The van der Waals surface area contributed by atoms with E-state index in [0.29, 0.717) is 5.78 Å². The van der Waals surface area contributed by atoms with Crippen LogP contribution in [0, 0.1) is 11.3 Å². The zero-order valence-electron chi connectivity index (χ0n) is 11.6. The van der Waals surface area contributed by atoms with E-state index < -0.39 is 0 Å². The molecule has 3 heteroatoms. The standard InChI is InChI=1S/C14H25NO2/c1-13(2)6-5-11(12(13)16)9-15-7-8-17-14(3,4)10-15/h11H,5-10H2,1-4H3. The molecule has 2 fully saturated rings. The number of ketones is 1. The van der Waals surface area contributed by atoms with Crippen molar-refractivity contribution in [2.45, 2.75) is 46.1 Å². The van der Waals surface area contributed by atoms with E-state index in [1.165, 1.54) is 0 Å². The summed E-state index contributed by atoms with van der Waals surface area (Å²) in [6.45, 7) is 12.0. The minimum atomic E-state index is -0.0908. The first-order valence-corrected chi connectivity index (χ1v) is 6.71. The molecule has 0 aromatic rings.